The summed E-state index contributed by atoms with van der Waals surface area (Å²) >= 11 is 0. The van der Waals surface area contributed by atoms with Crippen molar-refractivity contribution in [3.8, 4) is 11.5 Å². The Morgan fingerprint density at radius 1 is 1.12 bits per heavy atom. The van der Waals surface area contributed by atoms with E-state index in [1.807, 2.05) is 13.8 Å². The lowest BCUT2D eigenvalue weighted by atomic mass is 9.82. The van der Waals surface area contributed by atoms with Crippen molar-refractivity contribution in [1.82, 2.24) is 15.5 Å². The predicted molar refractivity (Wildman–Crippen MR) is 96.3 cm³/mol. The van der Waals surface area contributed by atoms with Crippen LogP contribution in [0, 0.1) is 5.41 Å². The molecule has 0 bridgehead atoms. The first-order valence-electron chi connectivity index (χ1n) is 8.40. The number of amides is 1. The van der Waals surface area contributed by atoms with Gasteiger partial charge in [-0.3, -0.25) is 4.79 Å². The van der Waals surface area contributed by atoms with Crippen LogP contribution < -0.4 is 5.32 Å². The number of nitrogens with zero attached hydrogens (tertiary/aromatic N) is 2. The van der Waals surface area contributed by atoms with Crippen LogP contribution in [0.25, 0.3) is 11.5 Å². The van der Waals surface area contributed by atoms with Crippen molar-refractivity contribution in [2.75, 3.05) is 6.61 Å². The van der Waals surface area contributed by atoms with Crippen molar-refractivity contribution in [2.45, 2.75) is 46.6 Å². The molecule has 1 heterocycles. The van der Waals surface area contributed by atoms with Crippen molar-refractivity contribution in [2.24, 2.45) is 5.41 Å². The molecule has 7 heteroatoms. The molecule has 0 unspecified atom stereocenters. The number of hydrogen-bond acceptors (Lipinski definition) is 6. The predicted octanol–water partition coefficient (Wildman–Crippen LogP) is 3.22. The number of aromatic nitrogens is 2. The molecular formula is C19H25N3O4. The summed E-state index contributed by atoms with van der Waals surface area (Å²) in [7, 11) is 0. The molecule has 0 radical (unpaired) electrons. The molecule has 0 fully saturated rings. The minimum atomic E-state index is -0.564. The molecule has 1 amide bonds. The zero-order chi connectivity index (χ0) is 19.4. The summed E-state index contributed by atoms with van der Waals surface area (Å²) in [5.41, 5.74) is 0.733. The molecule has 1 N–H and O–H groups in total. The number of esters is 1. The van der Waals surface area contributed by atoms with Gasteiger partial charge in [-0.05, 0) is 49.9 Å². The second-order valence-electron chi connectivity index (χ2n) is 8.07. The van der Waals surface area contributed by atoms with Gasteiger partial charge in [0.2, 0.25) is 12.3 Å². The van der Waals surface area contributed by atoms with Crippen LogP contribution in [-0.4, -0.2) is 34.2 Å². The zero-order valence-electron chi connectivity index (χ0n) is 15.8. The maximum Gasteiger partial charge on any atom is 0.338 e. The van der Waals surface area contributed by atoms with Gasteiger partial charge in [0.05, 0.1) is 5.56 Å². The van der Waals surface area contributed by atoms with E-state index in [4.69, 9.17) is 9.15 Å². The topological polar surface area (TPSA) is 94.3 Å². The Morgan fingerprint density at radius 3 is 2.31 bits per heavy atom. The van der Waals surface area contributed by atoms with Crippen LogP contribution in [0.15, 0.2) is 35.1 Å². The number of nitrogens with one attached hydrogen (secondary N) is 1. The van der Waals surface area contributed by atoms with E-state index >= 15 is 0 Å². The first-order valence-corrected chi connectivity index (χ1v) is 8.40. The van der Waals surface area contributed by atoms with Crippen molar-refractivity contribution in [3.63, 3.8) is 0 Å². The Kier molecular flexibility index (Phi) is 5.79. The van der Waals surface area contributed by atoms with Gasteiger partial charge in [-0.1, -0.05) is 20.8 Å². The van der Waals surface area contributed by atoms with Gasteiger partial charge >= 0.3 is 5.97 Å². The Hall–Kier alpha value is -2.70. The van der Waals surface area contributed by atoms with Crippen LogP contribution in [0.3, 0.4) is 0 Å². The second kappa shape index (κ2) is 7.68. The fourth-order valence-electron chi connectivity index (χ4n) is 3.05. The molecule has 0 aliphatic rings. The first kappa shape index (κ1) is 19.6. The van der Waals surface area contributed by atoms with E-state index in [1.165, 1.54) is 6.39 Å². The Bertz CT molecular complexity index is 744. The highest BCUT2D eigenvalue weighted by atomic mass is 16.5. The Labute approximate surface area is 153 Å². The lowest BCUT2D eigenvalue weighted by Gasteiger charge is -2.33. The number of carbonyl (C=O) groups excluding carboxylic acids is 2. The molecule has 7 nitrogen and oxygen atoms in total. The second-order valence-corrected chi connectivity index (χ2v) is 8.07. The van der Waals surface area contributed by atoms with Gasteiger partial charge in [0.25, 0.3) is 5.91 Å². The molecule has 2 aromatic rings. The summed E-state index contributed by atoms with van der Waals surface area (Å²) in [6.07, 6.45) is 2.04. The summed E-state index contributed by atoms with van der Waals surface area (Å²) < 4.78 is 10.2. The smallest absolute Gasteiger partial charge is 0.338 e. The third-order valence-corrected chi connectivity index (χ3v) is 3.51. The van der Waals surface area contributed by atoms with E-state index < -0.39 is 5.97 Å². The molecule has 1 aromatic carbocycles. The van der Waals surface area contributed by atoms with Crippen molar-refractivity contribution in [3.05, 3.63) is 36.2 Å². The van der Waals surface area contributed by atoms with E-state index in [-0.39, 0.29) is 23.5 Å². The molecule has 0 saturated heterocycles. The van der Waals surface area contributed by atoms with E-state index in [0.29, 0.717) is 17.0 Å². The van der Waals surface area contributed by atoms with Crippen LogP contribution in [-0.2, 0) is 9.53 Å². The largest absolute Gasteiger partial charge is 0.452 e. The molecule has 2 rings (SSSR count). The maximum atomic E-state index is 12.1. The standard InChI is InChI=1S/C19H25N3O4/c1-18(2,3)11-19(4,5)21-15(23)10-25-17(24)14-8-6-13(7-9-14)16-22-20-12-26-16/h6-9,12H,10-11H2,1-5H3,(H,21,23). The fourth-order valence-corrected chi connectivity index (χ4v) is 3.05. The maximum absolute atomic E-state index is 12.1. The van der Waals surface area contributed by atoms with E-state index in [9.17, 15) is 9.59 Å². The first-order chi connectivity index (χ1) is 12.1. The molecule has 1 aromatic heterocycles. The highest BCUT2D eigenvalue weighted by molar-refractivity contribution is 5.91. The van der Waals surface area contributed by atoms with Crippen LogP contribution in [0.5, 0.6) is 0 Å². The summed E-state index contributed by atoms with van der Waals surface area (Å²) in [4.78, 5) is 24.2. The zero-order valence-corrected chi connectivity index (χ0v) is 15.8. The van der Waals surface area contributed by atoms with Gasteiger partial charge < -0.3 is 14.5 Å². The summed E-state index contributed by atoms with van der Waals surface area (Å²) in [6.45, 7) is 9.91. The monoisotopic (exact) mass is 359 g/mol. The van der Waals surface area contributed by atoms with E-state index in [2.05, 4.69) is 36.3 Å². The molecule has 26 heavy (non-hydrogen) atoms. The molecular weight excluding hydrogens is 334 g/mol. The molecule has 0 aliphatic heterocycles. The lowest BCUT2D eigenvalue weighted by molar-refractivity contribution is -0.126. The highest BCUT2D eigenvalue weighted by Crippen LogP contribution is 2.26. The third-order valence-electron chi connectivity index (χ3n) is 3.51. The number of carbonyl (C=O) groups is 2. The average Bonchev–Trinajstić information content (AvgIpc) is 3.04. The van der Waals surface area contributed by atoms with Crippen molar-refractivity contribution in [1.29, 1.82) is 0 Å². The molecule has 0 atom stereocenters. The SMILES string of the molecule is CC(C)(C)CC(C)(C)NC(=O)COC(=O)c1ccc(-c2nnco2)cc1. The molecule has 140 valence electrons. The fraction of sp³-hybridized carbons (Fsp3) is 0.474. The highest BCUT2D eigenvalue weighted by Gasteiger charge is 2.27. The van der Waals surface area contributed by atoms with Gasteiger partial charge in [0.15, 0.2) is 6.61 Å². The normalized spacial score (nSPS) is 11.9. The van der Waals surface area contributed by atoms with E-state index in [1.54, 1.807) is 24.3 Å². The number of rotatable bonds is 6. The molecule has 0 spiro atoms. The minimum absolute atomic E-state index is 0.0770. The number of hydrogen-bond donors (Lipinski definition) is 1. The van der Waals surface area contributed by atoms with Gasteiger partial charge in [0.1, 0.15) is 0 Å². The van der Waals surface area contributed by atoms with Crippen molar-refractivity contribution >= 4 is 11.9 Å². The third kappa shape index (κ3) is 5.98. The van der Waals surface area contributed by atoms with Crippen LogP contribution in [0.1, 0.15) is 51.4 Å². The van der Waals surface area contributed by atoms with Crippen LogP contribution in [0.2, 0.25) is 0 Å². The lowest BCUT2D eigenvalue weighted by Crippen LogP contribution is -2.47. The quantitative estimate of drug-likeness (QED) is 0.796. The van der Waals surface area contributed by atoms with Crippen LogP contribution >= 0.6 is 0 Å². The summed E-state index contributed by atoms with van der Waals surface area (Å²) in [5, 5.41) is 10.3. The van der Waals surface area contributed by atoms with Gasteiger partial charge in [-0.15, -0.1) is 10.2 Å². The molecule has 0 aliphatic carbocycles. The van der Waals surface area contributed by atoms with Crippen molar-refractivity contribution < 1.29 is 18.7 Å². The average molecular weight is 359 g/mol. The van der Waals surface area contributed by atoms with Gasteiger partial charge in [0, 0.05) is 11.1 Å². The van der Waals surface area contributed by atoms with Gasteiger partial charge in [-0.2, -0.15) is 0 Å². The summed E-state index contributed by atoms with van der Waals surface area (Å²) in [6, 6.07) is 6.53. The Morgan fingerprint density at radius 2 is 1.77 bits per heavy atom. The van der Waals surface area contributed by atoms with Gasteiger partial charge in [-0.25, -0.2) is 4.79 Å². The minimum Gasteiger partial charge on any atom is -0.452 e. The number of benzene rings is 1. The van der Waals surface area contributed by atoms with E-state index in [0.717, 1.165) is 6.42 Å². The summed E-state index contributed by atoms with van der Waals surface area (Å²) in [5.74, 6) is -0.522. The molecule has 0 saturated carbocycles. The van der Waals surface area contributed by atoms with Crippen LogP contribution in [0.4, 0.5) is 0 Å². The Balaban J connectivity index is 1.87. The number of ether oxygens (including phenoxy) is 1.